The van der Waals surface area contributed by atoms with Crippen LogP contribution in [0.2, 0.25) is 0 Å². The van der Waals surface area contributed by atoms with E-state index in [0.717, 1.165) is 16.6 Å². The number of benzene rings is 1. The lowest BCUT2D eigenvalue weighted by Crippen LogP contribution is -2.08. The van der Waals surface area contributed by atoms with Crippen molar-refractivity contribution in [3.05, 3.63) is 30.3 Å². The van der Waals surface area contributed by atoms with Gasteiger partial charge >= 0.3 is 0 Å². The van der Waals surface area contributed by atoms with Crippen molar-refractivity contribution in [3.8, 4) is 0 Å². The second-order valence-electron chi connectivity index (χ2n) is 3.51. The molecular formula is C12H13N3O. The molecule has 1 aromatic carbocycles. The van der Waals surface area contributed by atoms with E-state index in [2.05, 4.69) is 15.6 Å². The third-order valence-corrected chi connectivity index (χ3v) is 2.28. The number of pyridine rings is 1. The van der Waals surface area contributed by atoms with Crippen LogP contribution in [0.5, 0.6) is 0 Å². The fraction of sp³-hybridized carbons (Fsp3) is 0.167. The summed E-state index contributed by atoms with van der Waals surface area (Å²) in [5, 5.41) is 7.79. The average molecular weight is 215 g/mol. The number of amides is 1. The lowest BCUT2D eigenvalue weighted by atomic mass is 10.1. The number of fused-ring (bicyclic) bond motifs is 1. The number of aromatic nitrogens is 1. The van der Waals surface area contributed by atoms with E-state index in [9.17, 15) is 4.79 Å². The molecular weight excluding hydrogens is 202 g/mol. The number of nitrogens with one attached hydrogen (secondary N) is 2. The molecule has 0 saturated heterocycles. The molecule has 0 aliphatic heterocycles. The molecule has 0 spiro atoms. The fourth-order valence-corrected chi connectivity index (χ4v) is 1.63. The zero-order chi connectivity index (χ0) is 11.5. The molecule has 4 heteroatoms. The summed E-state index contributed by atoms with van der Waals surface area (Å²) in [6.45, 7) is 1.47. The average Bonchev–Trinajstić information content (AvgIpc) is 2.27. The second-order valence-corrected chi connectivity index (χ2v) is 3.51. The summed E-state index contributed by atoms with van der Waals surface area (Å²) >= 11 is 0. The molecule has 2 aromatic rings. The number of carbonyl (C=O) groups is 1. The Bertz CT molecular complexity index is 537. The van der Waals surface area contributed by atoms with E-state index in [-0.39, 0.29) is 5.91 Å². The Morgan fingerprint density at radius 2 is 2.06 bits per heavy atom. The highest BCUT2D eigenvalue weighted by Crippen LogP contribution is 2.24. The SMILES string of the molecule is CNc1nc(NC(C)=O)cc2ccccc12. The summed E-state index contributed by atoms with van der Waals surface area (Å²) in [7, 11) is 1.81. The van der Waals surface area contributed by atoms with Crippen LogP contribution in [0.25, 0.3) is 10.8 Å². The maximum atomic E-state index is 11.0. The monoisotopic (exact) mass is 215 g/mol. The van der Waals surface area contributed by atoms with Crippen molar-refractivity contribution >= 4 is 28.3 Å². The van der Waals surface area contributed by atoms with E-state index < -0.39 is 0 Å². The Kier molecular flexibility index (Phi) is 2.72. The topological polar surface area (TPSA) is 54.0 Å². The summed E-state index contributed by atoms with van der Waals surface area (Å²) < 4.78 is 0. The van der Waals surface area contributed by atoms with Gasteiger partial charge in [-0.2, -0.15) is 0 Å². The Morgan fingerprint density at radius 3 is 2.75 bits per heavy atom. The first-order valence-electron chi connectivity index (χ1n) is 5.06. The van der Waals surface area contributed by atoms with Gasteiger partial charge in [0.15, 0.2) is 0 Å². The van der Waals surface area contributed by atoms with Gasteiger partial charge in [0.25, 0.3) is 0 Å². The van der Waals surface area contributed by atoms with Crippen LogP contribution in [-0.4, -0.2) is 17.9 Å². The highest BCUT2D eigenvalue weighted by Gasteiger charge is 2.04. The Labute approximate surface area is 93.7 Å². The molecule has 1 aromatic heterocycles. The molecule has 1 heterocycles. The maximum Gasteiger partial charge on any atom is 0.222 e. The number of hydrogen-bond donors (Lipinski definition) is 2. The number of anilines is 2. The number of nitrogens with zero attached hydrogens (tertiary/aromatic N) is 1. The minimum Gasteiger partial charge on any atom is -0.373 e. The molecule has 0 fully saturated rings. The minimum absolute atomic E-state index is 0.121. The van der Waals surface area contributed by atoms with Crippen LogP contribution >= 0.6 is 0 Å². The largest absolute Gasteiger partial charge is 0.373 e. The van der Waals surface area contributed by atoms with Gasteiger partial charge < -0.3 is 10.6 Å². The fourth-order valence-electron chi connectivity index (χ4n) is 1.63. The molecule has 0 aliphatic carbocycles. The molecule has 2 N–H and O–H groups in total. The quantitative estimate of drug-likeness (QED) is 0.807. The molecule has 0 bridgehead atoms. The van der Waals surface area contributed by atoms with Gasteiger partial charge in [0.05, 0.1) is 0 Å². The van der Waals surface area contributed by atoms with Gasteiger partial charge in [0.1, 0.15) is 11.6 Å². The predicted molar refractivity (Wildman–Crippen MR) is 65.6 cm³/mol. The second kappa shape index (κ2) is 4.18. The Morgan fingerprint density at radius 1 is 1.31 bits per heavy atom. The third-order valence-electron chi connectivity index (χ3n) is 2.28. The molecule has 82 valence electrons. The minimum atomic E-state index is -0.121. The molecule has 16 heavy (non-hydrogen) atoms. The zero-order valence-electron chi connectivity index (χ0n) is 9.24. The zero-order valence-corrected chi connectivity index (χ0v) is 9.24. The van der Waals surface area contributed by atoms with Gasteiger partial charge in [-0.25, -0.2) is 4.98 Å². The van der Waals surface area contributed by atoms with Crippen molar-refractivity contribution in [1.82, 2.24) is 4.98 Å². The molecule has 4 nitrogen and oxygen atoms in total. The normalized spacial score (nSPS) is 10.1. The first-order chi connectivity index (χ1) is 7.70. The van der Waals surface area contributed by atoms with Crippen LogP contribution < -0.4 is 10.6 Å². The summed E-state index contributed by atoms with van der Waals surface area (Å²) in [6.07, 6.45) is 0. The highest BCUT2D eigenvalue weighted by molar-refractivity contribution is 5.96. The first kappa shape index (κ1) is 10.4. The van der Waals surface area contributed by atoms with Gasteiger partial charge in [-0.3, -0.25) is 4.79 Å². The van der Waals surface area contributed by atoms with Gasteiger partial charge in [-0.1, -0.05) is 24.3 Å². The van der Waals surface area contributed by atoms with Gasteiger partial charge in [0, 0.05) is 19.4 Å². The molecule has 0 atom stereocenters. The maximum absolute atomic E-state index is 11.0. The van der Waals surface area contributed by atoms with Gasteiger partial charge in [0.2, 0.25) is 5.91 Å². The molecule has 2 rings (SSSR count). The Balaban J connectivity index is 2.58. The van der Waals surface area contributed by atoms with E-state index in [0.29, 0.717) is 5.82 Å². The van der Waals surface area contributed by atoms with E-state index in [4.69, 9.17) is 0 Å². The summed E-state index contributed by atoms with van der Waals surface area (Å²) in [5.74, 6) is 1.21. The van der Waals surface area contributed by atoms with Crippen LogP contribution in [0.3, 0.4) is 0 Å². The predicted octanol–water partition coefficient (Wildman–Crippen LogP) is 2.23. The molecule has 0 radical (unpaired) electrons. The first-order valence-corrected chi connectivity index (χ1v) is 5.06. The van der Waals surface area contributed by atoms with E-state index in [1.54, 1.807) is 0 Å². The van der Waals surface area contributed by atoms with E-state index in [1.807, 2.05) is 37.4 Å². The summed E-state index contributed by atoms with van der Waals surface area (Å²) in [5.41, 5.74) is 0. The summed E-state index contributed by atoms with van der Waals surface area (Å²) in [4.78, 5) is 15.3. The molecule has 1 amide bonds. The van der Waals surface area contributed by atoms with Crippen LogP contribution in [-0.2, 0) is 4.79 Å². The summed E-state index contributed by atoms with van der Waals surface area (Å²) in [6, 6.07) is 9.76. The highest BCUT2D eigenvalue weighted by atomic mass is 16.1. The van der Waals surface area contributed by atoms with Crippen LogP contribution in [0, 0.1) is 0 Å². The van der Waals surface area contributed by atoms with Gasteiger partial charge in [-0.05, 0) is 11.5 Å². The lowest BCUT2D eigenvalue weighted by Gasteiger charge is -2.08. The van der Waals surface area contributed by atoms with Crippen LogP contribution in [0.15, 0.2) is 30.3 Å². The van der Waals surface area contributed by atoms with Crippen molar-refractivity contribution < 1.29 is 4.79 Å². The standard InChI is InChI=1S/C12H13N3O/c1-8(16)14-11-7-9-5-3-4-6-10(9)12(13-2)15-11/h3-7H,1-2H3,(H2,13,14,15,16). The van der Waals surface area contributed by atoms with E-state index in [1.165, 1.54) is 6.92 Å². The van der Waals surface area contributed by atoms with Crippen molar-refractivity contribution in [2.45, 2.75) is 6.92 Å². The molecule has 0 aliphatic rings. The number of carbonyl (C=O) groups excluding carboxylic acids is 1. The van der Waals surface area contributed by atoms with Crippen LogP contribution in [0.1, 0.15) is 6.92 Å². The van der Waals surface area contributed by atoms with Crippen molar-refractivity contribution in [1.29, 1.82) is 0 Å². The van der Waals surface area contributed by atoms with Crippen molar-refractivity contribution in [3.63, 3.8) is 0 Å². The van der Waals surface area contributed by atoms with Crippen molar-refractivity contribution in [2.75, 3.05) is 17.7 Å². The smallest absolute Gasteiger partial charge is 0.222 e. The van der Waals surface area contributed by atoms with E-state index >= 15 is 0 Å². The molecule has 0 saturated carbocycles. The molecule has 0 unspecified atom stereocenters. The third kappa shape index (κ3) is 1.95. The number of rotatable bonds is 2. The lowest BCUT2D eigenvalue weighted by molar-refractivity contribution is -0.114. The van der Waals surface area contributed by atoms with Crippen molar-refractivity contribution in [2.24, 2.45) is 0 Å². The van der Waals surface area contributed by atoms with Gasteiger partial charge in [-0.15, -0.1) is 0 Å². The Hall–Kier alpha value is -2.10. The number of hydrogen-bond acceptors (Lipinski definition) is 3. The van der Waals surface area contributed by atoms with Crippen LogP contribution in [0.4, 0.5) is 11.6 Å².